The first kappa shape index (κ1) is 39.1. The predicted molar refractivity (Wildman–Crippen MR) is 154 cm³/mol. The first-order valence-electron chi connectivity index (χ1n) is 15.4. The Morgan fingerprint density at radius 3 is 1.55 bits per heavy atom. The highest BCUT2D eigenvalue weighted by atomic mass is 16.5. The summed E-state index contributed by atoms with van der Waals surface area (Å²) in [6.07, 6.45) is 8.56. The summed E-state index contributed by atoms with van der Waals surface area (Å²) in [6.45, 7) is 1.22. The van der Waals surface area contributed by atoms with E-state index in [1.165, 1.54) is 39.9 Å². The third-order valence-corrected chi connectivity index (χ3v) is 7.55. The molecule has 0 saturated heterocycles. The van der Waals surface area contributed by atoms with Crippen LogP contribution >= 0.6 is 0 Å². The highest BCUT2D eigenvalue weighted by molar-refractivity contribution is 5.69. The highest BCUT2D eigenvalue weighted by Gasteiger charge is 2.31. The Hall–Kier alpha value is -0.850. The zero-order valence-corrected chi connectivity index (χ0v) is 25.3. The van der Waals surface area contributed by atoms with E-state index < -0.39 is 49.2 Å². The van der Waals surface area contributed by atoms with Gasteiger partial charge in [-0.25, -0.2) is 0 Å². The summed E-state index contributed by atoms with van der Waals surface area (Å²) < 4.78 is 15.5. The van der Waals surface area contributed by atoms with Crippen molar-refractivity contribution < 1.29 is 49.6 Å². The standard InChI is InChI=1S/C30H60O10/c1-4-5-6-13-16-23(32)17-14-11-9-7-8-10-12-15-18-28(35)40-22-25(34)30(37)27(39-3)20-19-26(38-2)29(36)24(33)21-31/h23-27,29-34,36-37H,4-22H2,1-3H3/t23-,24+,25+,26-,27-,29-,30-/m1/s1. The van der Waals surface area contributed by atoms with Crippen molar-refractivity contribution in [2.75, 3.05) is 27.4 Å². The molecule has 0 unspecified atom stereocenters. The smallest absolute Gasteiger partial charge is 0.305 e. The van der Waals surface area contributed by atoms with E-state index in [0.717, 1.165) is 57.8 Å². The number of esters is 1. The van der Waals surface area contributed by atoms with Crippen molar-refractivity contribution in [3.05, 3.63) is 0 Å². The summed E-state index contributed by atoms with van der Waals surface area (Å²) >= 11 is 0. The Bertz CT molecular complexity index is 579. The lowest BCUT2D eigenvalue weighted by atomic mass is 9.97. The van der Waals surface area contributed by atoms with Gasteiger partial charge in [0.05, 0.1) is 24.9 Å². The molecule has 0 rings (SSSR count). The first-order valence-corrected chi connectivity index (χ1v) is 15.4. The number of hydrogen-bond acceptors (Lipinski definition) is 10. The molecule has 0 aliphatic heterocycles. The van der Waals surface area contributed by atoms with Crippen LogP contribution in [0.1, 0.15) is 116 Å². The molecule has 0 saturated carbocycles. The topological polar surface area (TPSA) is 166 Å². The van der Waals surface area contributed by atoms with Gasteiger partial charge in [-0.2, -0.15) is 0 Å². The van der Waals surface area contributed by atoms with Crippen LogP contribution in [0, 0.1) is 0 Å². The summed E-state index contributed by atoms with van der Waals surface area (Å²) in [7, 11) is 2.73. The average molecular weight is 581 g/mol. The molecular weight excluding hydrogens is 520 g/mol. The summed E-state index contributed by atoms with van der Waals surface area (Å²) in [5.74, 6) is -0.422. The van der Waals surface area contributed by atoms with Crippen molar-refractivity contribution in [3.63, 3.8) is 0 Å². The number of unbranched alkanes of at least 4 members (excludes halogenated alkanes) is 10. The van der Waals surface area contributed by atoms with E-state index in [4.69, 9.17) is 19.3 Å². The van der Waals surface area contributed by atoms with Crippen molar-refractivity contribution in [2.45, 2.75) is 159 Å². The summed E-state index contributed by atoms with van der Waals surface area (Å²) in [5, 5.41) is 59.3. The van der Waals surface area contributed by atoms with Gasteiger partial charge in [0.15, 0.2) is 0 Å². The fraction of sp³-hybridized carbons (Fsp3) is 0.967. The minimum atomic E-state index is -1.36. The maximum atomic E-state index is 12.0. The van der Waals surface area contributed by atoms with E-state index in [1.54, 1.807) is 0 Å². The van der Waals surface area contributed by atoms with Gasteiger partial charge < -0.3 is 44.8 Å². The lowest BCUT2D eigenvalue weighted by molar-refractivity contribution is -0.153. The monoisotopic (exact) mass is 580 g/mol. The molecule has 0 aromatic rings. The maximum Gasteiger partial charge on any atom is 0.305 e. The SMILES string of the molecule is CCCCCC[C@@H](O)CCCCCCCCCCC(=O)OC[C@H](O)[C@@H](O)[C@@H](CC[C@@H](OC)[C@H](O)[C@@H](O)CO)OC. The fourth-order valence-corrected chi connectivity index (χ4v) is 4.80. The number of aliphatic hydroxyl groups is 6. The Labute approximate surface area is 242 Å². The zero-order chi connectivity index (χ0) is 30.2. The number of ether oxygens (including phenoxy) is 3. The molecule has 0 heterocycles. The van der Waals surface area contributed by atoms with Crippen LogP contribution in [-0.2, 0) is 19.0 Å². The average Bonchev–Trinajstić information content (AvgIpc) is 2.96. The molecule has 0 radical (unpaired) electrons. The van der Waals surface area contributed by atoms with Crippen LogP contribution in [0.25, 0.3) is 0 Å². The van der Waals surface area contributed by atoms with Crippen LogP contribution in [-0.4, -0.2) is 107 Å². The zero-order valence-electron chi connectivity index (χ0n) is 25.3. The van der Waals surface area contributed by atoms with Gasteiger partial charge in [-0.05, 0) is 32.1 Å². The Balaban J connectivity index is 3.93. The van der Waals surface area contributed by atoms with E-state index in [0.29, 0.717) is 6.42 Å². The van der Waals surface area contributed by atoms with Gasteiger partial charge in [0, 0.05) is 20.6 Å². The molecule has 0 aromatic heterocycles. The predicted octanol–water partition coefficient (Wildman–Crippen LogP) is 3.01. The van der Waals surface area contributed by atoms with Crippen LogP contribution < -0.4 is 0 Å². The van der Waals surface area contributed by atoms with Crippen molar-refractivity contribution in [1.82, 2.24) is 0 Å². The van der Waals surface area contributed by atoms with Crippen LogP contribution in [0.15, 0.2) is 0 Å². The van der Waals surface area contributed by atoms with Crippen molar-refractivity contribution in [3.8, 4) is 0 Å². The molecule has 40 heavy (non-hydrogen) atoms. The van der Waals surface area contributed by atoms with E-state index in [9.17, 15) is 30.3 Å². The molecule has 0 spiro atoms. The van der Waals surface area contributed by atoms with Gasteiger partial charge in [-0.1, -0.05) is 77.6 Å². The van der Waals surface area contributed by atoms with Gasteiger partial charge >= 0.3 is 5.97 Å². The lowest BCUT2D eigenvalue weighted by Crippen LogP contribution is -2.44. The van der Waals surface area contributed by atoms with Crippen molar-refractivity contribution in [1.29, 1.82) is 0 Å². The fourth-order valence-electron chi connectivity index (χ4n) is 4.80. The summed E-state index contributed by atoms with van der Waals surface area (Å²) in [6, 6.07) is 0. The van der Waals surface area contributed by atoms with Gasteiger partial charge in [-0.3, -0.25) is 4.79 Å². The minimum Gasteiger partial charge on any atom is -0.463 e. The molecule has 0 aliphatic rings. The number of aliphatic hydroxyl groups excluding tert-OH is 6. The molecule has 0 amide bonds. The second kappa shape index (κ2) is 25.8. The summed E-state index contributed by atoms with van der Waals surface area (Å²) in [4.78, 5) is 12.0. The molecule has 0 aliphatic carbocycles. The minimum absolute atomic E-state index is 0.148. The van der Waals surface area contributed by atoms with E-state index in [-0.39, 0.29) is 32.0 Å². The highest BCUT2D eigenvalue weighted by Crippen LogP contribution is 2.18. The van der Waals surface area contributed by atoms with Crippen molar-refractivity contribution in [2.24, 2.45) is 0 Å². The maximum absolute atomic E-state index is 12.0. The van der Waals surface area contributed by atoms with E-state index in [2.05, 4.69) is 6.92 Å². The Kier molecular flexibility index (Phi) is 25.3. The van der Waals surface area contributed by atoms with Crippen LogP contribution in [0.4, 0.5) is 0 Å². The largest absolute Gasteiger partial charge is 0.463 e. The van der Waals surface area contributed by atoms with Crippen molar-refractivity contribution >= 4 is 5.97 Å². The number of methoxy groups -OCH3 is 2. The quantitative estimate of drug-likeness (QED) is 0.0598. The lowest BCUT2D eigenvalue weighted by Gasteiger charge is -2.29. The summed E-state index contributed by atoms with van der Waals surface area (Å²) in [5.41, 5.74) is 0. The molecule has 7 atom stereocenters. The molecule has 10 heteroatoms. The second-order valence-electron chi connectivity index (χ2n) is 11.0. The number of hydrogen-bond donors (Lipinski definition) is 6. The molecule has 240 valence electrons. The molecule has 6 N–H and O–H groups in total. The first-order chi connectivity index (χ1) is 19.2. The van der Waals surface area contributed by atoms with Crippen LogP contribution in [0.2, 0.25) is 0 Å². The van der Waals surface area contributed by atoms with Crippen LogP contribution in [0.5, 0.6) is 0 Å². The molecule has 0 fully saturated rings. The Morgan fingerprint density at radius 2 is 1.07 bits per heavy atom. The van der Waals surface area contributed by atoms with Gasteiger partial charge in [-0.15, -0.1) is 0 Å². The third-order valence-electron chi connectivity index (χ3n) is 7.55. The van der Waals surface area contributed by atoms with Crippen LogP contribution in [0.3, 0.4) is 0 Å². The second-order valence-corrected chi connectivity index (χ2v) is 11.0. The third kappa shape index (κ3) is 19.3. The Morgan fingerprint density at radius 1 is 0.625 bits per heavy atom. The number of carbonyl (C=O) groups is 1. The molecule has 10 nitrogen and oxygen atoms in total. The van der Waals surface area contributed by atoms with E-state index >= 15 is 0 Å². The van der Waals surface area contributed by atoms with Gasteiger partial charge in [0.25, 0.3) is 0 Å². The van der Waals surface area contributed by atoms with Gasteiger partial charge in [0.2, 0.25) is 0 Å². The van der Waals surface area contributed by atoms with E-state index in [1.807, 2.05) is 0 Å². The van der Waals surface area contributed by atoms with Gasteiger partial charge in [0.1, 0.15) is 31.0 Å². The number of carbonyl (C=O) groups excluding carboxylic acids is 1. The normalized spacial score (nSPS) is 17.1. The molecule has 0 bridgehead atoms. The molecular formula is C30H60O10. The molecule has 0 aromatic carbocycles. The number of rotatable bonds is 28.